The van der Waals surface area contributed by atoms with Gasteiger partial charge < -0.3 is 20.1 Å². The molecule has 1 aliphatic heterocycles. The number of carbonyl (C=O) groups is 1. The quantitative estimate of drug-likeness (QED) is 0.753. The van der Waals surface area contributed by atoms with E-state index in [1.54, 1.807) is 0 Å². The van der Waals surface area contributed by atoms with Crippen LogP contribution >= 0.6 is 0 Å². The first-order valence-corrected chi connectivity index (χ1v) is 4.76. The Hall–Kier alpha value is -1.56. The molecule has 1 aliphatic rings. The highest BCUT2D eigenvalue weighted by Crippen LogP contribution is 2.30. The van der Waals surface area contributed by atoms with E-state index in [9.17, 15) is 4.79 Å². The summed E-state index contributed by atoms with van der Waals surface area (Å²) >= 11 is 0. The van der Waals surface area contributed by atoms with Crippen molar-refractivity contribution in [3.8, 4) is 0 Å². The van der Waals surface area contributed by atoms with E-state index < -0.39 is 5.97 Å². The summed E-state index contributed by atoms with van der Waals surface area (Å²) in [6.45, 7) is 1.18. The molecule has 15 heavy (non-hydrogen) atoms. The van der Waals surface area contributed by atoms with E-state index in [4.69, 9.17) is 20.1 Å². The molecule has 6 nitrogen and oxygen atoms in total. The Bertz CT molecular complexity index is 368. The number of hydrogen-bond donors (Lipinski definition) is 2. The largest absolute Gasteiger partial charge is 0.477 e. The number of nitrogen functional groups attached to an aromatic ring is 1. The van der Waals surface area contributed by atoms with Crippen molar-refractivity contribution >= 4 is 11.8 Å². The van der Waals surface area contributed by atoms with Gasteiger partial charge in [-0.25, -0.2) is 4.79 Å². The van der Waals surface area contributed by atoms with Crippen LogP contribution in [0.25, 0.3) is 0 Å². The van der Waals surface area contributed by atoms with Crippen molar-refractivity contribution < 1.29 is 19.2 Å². The zero-order valence-electron chi connectivity index (χ0n) is 8.10. The van der Waals surface area contributed by atoms with Gasteiger partial charge in [0.25, 0.3) is 0 Å². The van der Waals surface area contributed by atoms with Crippen LogP contribution in [0.1, 0.15) is 34.9 Å². The molecule has 2 rings (SSSR count). The molecule has 0 radical (unpaired) electrons. The summed E-state index contributed by atoms with van der Waals surface area (Å²) in [4.78, 5) is 10.9. The fourth-order valence-corrected chi connectivity index (χ4v) is 1.76. The maximum Gasteiger partial charge on any atom is 0.343 e. The number of aromatic nitrogens is 1. The lowest BCUT2D eigenvalue weighted by molar-refractivity contribution is 0.0654. The highest BCUT2D eigenvalue weighted by atomic mass is 16.5. The smallest absolute Gasteiger partial charge is 0.343 e. The molecular formula is C9H12N2O4. The number of anilines is 1. The lowest BCUT2D eigenvalue weighted by atomic mass is 9.96. The molecule has 0 spiro atoms. The first-order valence-electron chi connectivity index (χ1n) is 4.76. The Morgan fingerprint density at radius 3 is 3.00 bits per heavy atom. The van der Waals surface area contributed by atoms with Gasteiger partial charge in [0.2, 0.25) is 0 Å². The number of ether oxygens (including phenoxy) is 1. The highest BCUT2D eigenvalue weighted by Gasteiger charge is 2.28. The van der Waals surface area contributed by atoms with Crippen LogP contribution in [0.4, 0.5) is 5.82 Å². The van der Waals surface area contributed by atoms with Crippen molar-refractivity contribution in [1.82, 2.24) is 5.16 Å². The first kappa shape index (κ1) is 9.97. The van der Waals surface area contributed by atoms with Gasteiger partial charge in [0, 0.05) is 12.5 Å². The normalized spacial score (nSPS) is 21.5. The van der Waals surface area contributed by atoms with E-state index in [2.05, 4.69) is 5.16 Å². The predicted molar refractivity (Wildman–Crippen MR) is 50.7 cm³/mol. The molecule has 0 aromatic carbocycles. The monoisotopic (exact) mass is 212 g/mol. The van der Waals surface area contributed by atoms with E-state index in [1.807, 2.05) is 0 Å². The molecule has 1 atom stereocenters. The van der Waals surface area contributed by atoms with Gasteiger partial charge >= 0.3 is 5.97 Å². The number of aromatic carboxylic acids is 1. The van der Waals surface area contributed by atoms with Crippen LogP contribution < -0.4 is 5.73 Å². The van der Waals surface area contributed by atoms with Crippen molar-refractivity contribution in [3.05, 3.63) is 11.3 Å². The number of carboxylic acid groups (broad SMARTS) is 1. The SMILES string of the molecule is Nc1noc(C2CCCOC2)c1C(=O)O. The minimum absolute atomic E-state index is 0.0227. The van der Waals surface area contributed by atoms with Gasteiger partial charge in [-0.2, -0.15) is 0 Å². The van der Waals surface area contributed by atoms with Crippen molar-refractivity contribution in [2.24, 2.45) is 0 Å². The van der Waals surface area contributed by atoms with Gasteiger partial charge in [0.15, 0.2) is 11.6 Å². The molecule has 0 saturated carbocycles. The molecule has 3 N–H and O–H groups in total. The molecule has 0 aliphatic carbocycles. The topological polar surface area (TPSA) is 98.6 Å². The number of nitrogens with zero attached hydrogens (tertiary/aromatic N) is 1. The molecule has 0 amide bonds. The fraction of sp³-hybridized carbons (Fsp3) is 0.556. The molecule has 1 fully saturated rings. The van der Waals surface area contributed by atoms with Gasteiger partial charge in [-0.1, -0.05) is 5.16 Å². The summed E-state index contributed by atoms with van der Waals surface area (Å²) in [5, 5.41) is 12.4. The Morgan fingerprint density at radius 2 is 2.40 bits per heavy atom. The van der Waals surface area contributed by atoms with Gasteiger partial charge in [-0.3, -0.25) is 0 Å². The second kappa shape index (κ2) is 3.90. The third kappa shape index (κ3) is 1.80. The molecule has 1 aromatic rings. The summed E-state index contributed by atoms with van der Waals surface area (Å²) in [6.07, 6.45) is 1.74. The zero-order chi connectivity index (χ0) is 10.8. The highest BCUT2D eigenvalue weighted by molar-refractivity contribution is 5.93. The zero-order valence-corrected chi connectivity index (χ0v) is 8.10. The van der Waals surface area contributed by atoms with Crippen LogP contribution in [0.15, 0.2) is 4.52 Å². The van der Waals surface area contributed by atoms with Crippen LogP contribution in [0.3, 0.4) is 0 Å². The Kier molecular flexibility index (Phi) is 2.59. The maximum absolute atomic E-state index is 10.9. The standard InChI is InChI=1S/C9H12N2O4/c10-8-6(9(12)13)7(15-11-8)5-2-1-3-14-4-5/h5H,1-4H2,(H2,10,11)(H,12,13). The Morgan fingerprint density at radius 1 is 1.60 bits per heavy atom. The summed E-state index contributed by atoms with van der Waals surface area (Å²) in [6, 6.07) is 0. The van der Waals surface area contributed by atoms with E-state index in [0.717, 1.165) is 12.8 Å². The van der Waals surface area contributed by atoms with Crippen LogP contribution in [0.5, 0.6) is 0 Å². The molecule has 1 saturated heterocycles. The van der Waals surface area contributed by atoms with Crippen molar-refractivity contribution in [3.63, 3.8) is 0 Å². The number of rotatable bonds is 2. The van der Waals surface area contributed by atoms with Gasteiger partial charge in [0.1, 0.15) is 5.56 Å². The molecular weight excluding hydrogens is 200 g/mol. The fourth-order valence-electron chi connectivity index (χ4n) is 1.76. The minimum atomic E-state index is -1.10. The average molecular weight is 212 g/mol. The second-order valence-electron chi connectivity index (χ2n) is 3.53. The van der Waals surface area contributed by atoms with E-state index in [1.165, 1.54) is 0 Å². The molecule has 6 heteroatoms. The first-order chi connectivity index (χ1) is 7.20. The predicted octanol–water partition coefficient (Wildman–Crippen LogP) is 0.849. The van der Waals surface area contributed by atoms with Gasteiger partial charge in [-0.05, 0) is 12.8 Å². The lowest BCUT2D eigenvalue weighted by Crippen LogP contribution is -2.17. The number of hydrogen-bond acceptors (Lipinski definition) is 5. The summed E-state index contributed by atoms with van der Waals surface area (Å²) in [5.41, 5.74) is 5.40. The molecule has 1 unspecified atom stereocenters. The summed E-state index contributed by atoms with van der Waals surface area (Å²) < 4.78 is 10.2. The molecule has 0 bridgehead atoms. The molecule has 1 aromatic heterocycles. The third-order valence-corrected chi connectivity index (χ3v) is 2.49. The van der Waals surface area contributed by atoms with E-state index in [-0.39, 0.29) is 17.3 Å². The average Bonchev–Trinajstić information content (AvgIpc) is 2.61. The van der Waals surface area contributed by atoms with Crippen molar-refractivity contribution in [2.75, 3.05) is 18.9 Å². The van der Waals surface area contributed by atoms with Crippen LogP contribution in [0.2, 0.25) is 0 Å². The van der Waals surface area contributed by atoms with Crippen molar-refractivity contribution in [2.45, 2.75) is 18.8 Å². The number of carboxylic acids is 1. The summed E-state index contributed by atoms with van der Waals surface area (Å²) in [5.74, 6) is -0.883. The van der Waals surface area contributed by atoms with E-state index >= 15 is 0 Å². The molecule has 82 valence electrons. The van der Waals surface area contributed by atoms with E-state index in [0.29, 0.717) is 19.0 Å². The Balaban J connectivity index is 2.30. The van der Waals surface area contributed by atoms with Crippen molar-refractivity contribution in [1.29, 1.82) is 0 Å². The lowest BCUT2D eigenvalue weighted by Gasteiger charge is -2.19. The van der Waals surface area contributed by atoms with Crippen LogP contribution in [0, 0.1) is 0 Å². The third-order valence-electron chi connectivity index (χ3n) is 2.49. The van der Waals surface area contributed by atoms with Gasteiger partial charge in [0.05, 0.1) is 6.61 Å². The van der Waals surface area contributed by atoms with Gasteiger partial charge in [-0.15, -0.1) is 0 Å². The Labute approximate surface area is 86.0 Å². The van der Waals surface area contributed by atoms with Crippen LogP contribution in [-0.2, 0) is 4.74 Å². The maximum atomic E-state index is 10.9. The van der Waals surface area contributed by atoms with Crippen LogP contribution in [-0.4, -0.2) is 29.4 Å². The summed E-state index contributed by atoms with van der Waals surface area (Å²) in [7, 11) is 0. The number of nitrogens with two attached hydrogens (primary N) is 1. The molecule has 2 heterocycles. The minimum Gasteiger partial charge on any atom is -0.477 e. The second-order valence-corrected chi connectivity index (χ2v) is 3.53.